The maximum atomic E-state index is 9.74. The molecule has 0 aliphatic heterocycles. The third-order valence-corrected chi connectivity index (χ3v) is 1.31. The molecule has 1 aromatic rings. The summed E-state index contributed by atoms with van der Waals surface area (Å²) in [6.07, 6.45) is -3.57. The minimum atomic E-state index is -3.57. The highest BCUT2D eigenvalue weighted by Crippen LogP contribution is 2.16. The largest absolute Gasteiger partial charge is 0.491 e. The third kappa shape index (κ3) is 5.02. The zero-order chi connectivity index (χ0) is 20.1. The van der Waals surface area contributed by atoms with Crippen molar-refractivity contribution in [3.63, 3.8) is 0 Å². The Morgan fingerprint density at radius 2 is 2.13 bits per heavy atom. The van der Waals surface area contributed by atoms with Gasteiger partial charge in [0.2, 0.25) is 0 Å². The predicted octanol–water partition coefficient (Wildman–Crippen LogP) is 1.42. The smallest absolute Gasteiger partial charge is 0.119 e. The van der Waals surface area contributed by atoms with Crippen LogP contribution in [-0.2, 0) is 0 Å². The highest BCUT2D eigenvalue weighted by atomic mass is 35.5. The Labute approximate surface area is 112 Å². The molecule has 0 spiro atoms. The van der Waals surface area contributed by atoms with Crippen LogP contribution in [0.4, 0.5) is 0 Å². The first-order chi connectivity index (χ1) is 10.8. The molecule has 0 aliphatic rings. The van der Waals surface area contributed by atoms with E-state index in [1.807, 2.05) is 0 Å². The van der Waals surface area contributed by atoms with E-state index in [2.05, 4.69) is 0 Å². The molecule has 0 saturated heterocycles. The van der Waals surface area contributed by atoms with Crippen LogP contribution in [0.15, 0.2) is 18.2 Å². The van der Waals surface area contributed by atoms with Crippen LogP contribution in [0.25, 0.3) is 0 Å². The lowest BCUT2D eigenvalue weighted by atomic mass is 10.1. The molecule has 0 saturated carbocycles. The SMILES string of the molecule is Cl.[2H]C([2H])([2H])c1cc(OC([2H])([2H])C([2H])(O)C([2H])([2H])N)cc(C([2H])([2H])[2H])c1. The molecule has 1 rings (SSSR count). The second-order valence-electron chi connectivity index (χ2n) is 2.44. The summed E-state index contributed by atoms with van der Waals surface area (Å²) < 4.78 is 85.8. The molecule has 0 heterocycles. The molecule has 1 atom stereocenters. The van der Waals surface area contributed by atoms with Crippen molar-refractivity contribution in [2.24, 2.45) is 5.73 Å². The van der Waals surface area contributed by atoms with Gasteiger partial charge in [0.1, 0.15) is 18.4 Å². The quantitative estimate of drug-likeness (QED) is 0.840. The van der Waals surface area contributed by atoms with Gasteiger partial charge in [0, 0.05) is 17.5 Å². The number of aliphatic hydroxyl groups is 1. The Morgan fingerprint density at radius 1 is 1.53 bits per heavy atom. The number of halogens is 1. The molecule has 0 aromatic heterocycles. The van der Waals surface area contributed by atoms with E-state index in [-0.39, 0.29) is 12.4 Å². The van der Waals surface area contributed by atoms with E-state index in [0.29, 0.717) is 0 Å². The Bertz CT molecular complexity index is 604. The van der Waals surface area contributed by atoms with E-state index < -0.39 is 49.7 Å². The molecule has 4 heteroatoms. The molecular formula is C11H18ClNO2. The number of rotatable bonds is 4. The number of benzene rings is 1. The van der Waals surface area contributed by atoms with Gasteiger partial charge in [-0.05, 0) is 37.0 Å². The fourth-order valence-corrected chi connectivity index (χ4v) is 0.795. The second kappa shape index (κ2) is 6.67. The molecule has 0 fully saturated rings. The first-order valence-corrected chi connectivity index (χ1v) is 3.65. The third-order valence-electron chi connectivity index (χ3n) is 1.31. The van der Waals surface area contributed by atoms with Crippen LogP contribution in [0.5, 0.6) is 5.75 Å². The van der Waals surface area contributed by atoms with Gasteiger partial charge in [0.25, 0.3) is 0 Å². The lowest BCUT2D eigenvalue weighted by Gasteiger charge is -2.11. The Kier molecular flexibility index (Phi) is 1.89. The van der Waals surface area contributed by atoms with E-state index in [0.717, 1.165) is 18.2 Å². The average molecular weight is 243 g/mol. The van der Waals surface area contributed by atoms with Gasteiger partial charge in [-0.3, -0.25) is 0 Å². The molecule has 86 valence electrons. The fourth-order valence-electron chi connectivity index (χ4n) is 0.795. The topological polar surface area (TPSA) is 55.5 Å². The minimum absolute atomic E-state index is 0. The van der Waals surface area contributed by atoms with E-state index in [1.54, 1.807) is 0 Å². The zero-order valence-electron chi connectivity index (χ0n) is 18.6. The molecule has 0 bridgehead atoms. The molecule has 3 nitrogen and oxygen atoms in total. The molecule has 0 amide bonds. The van der Waals surface area contributed by atoms with E-state index in [9.17, 15) is 5.11 Å². The van der Waals surface area contributed by atoms with Gasteiger partial charge in [0.15, 0.2) is 0 Å². The summed E-state index contributed by atoms with van der Waals surface area (Å²) in [6, 6.07) is 2.53. The molecule has 0 aliphatic carbocycles. The van der Waals surface area contributed by atoms with Gasteiger partial charge < -0.3 is 15.6 Å². The molecule has 1 aromatic carbocycles. The van der Waals surface area contributed by atoms with Gasteiger partial charge in [-0.15, -0.1) is 12.4 Å². The average Bonchev–Trinajstić information content (AvgIpc) is 2.34. The van der Waals surface area contributed by atoms with Crippen molar-refractivity contribution < 1.29 is 24.9 Å². The zero-order valence-corrected chi connectivity index (χ0v) is 8.39. The Morgan fingerprint density at radius 3 is 2.60 bits per heavy atom. The van der Waals surface area contributed by atoms with E-state index in [4.69, 9.17) is 25.5 Å². The molecular weight excluding hydrogens is 214 g/mol. The van der Waals surface area contributed by atoms with Crippen LogP contribution >= 0.6 is 12.4 Å². The van der Waals surface area contributed by atoms with Crippen LogP contribution in [0.2, 0.25) is 0 Å². The molecule has 3 N–H and O–H groups in total. The summed E-state index contributed by atoms with van der Waals surface area (Å²) in [5.74, 6) is -0.611. The van der Waals surface area contributed by atoms with Crippen molar-refractivity contribution in [1.29, 1.82) is 0 Å². The summed E-state index contributed by atoms with van der Waals surface area (Å²) >= 11 is 0. The predicted molar refractivity (Wildman–Crippen MR) is 63.7 cm³/mol. The Balaban J connectivity index is 0.00000625. The normalized spacial score (nSPS) is 28.3. The minimum Gasteiger partial charge on any atom is -0.491 e. The van der Waals surface area contributed by atoms with Crippen LogP contribution in [-0.4, -0.2) is 24.2 Å². The highest BCUT2D eigenvalue weighted by molar-refractivity contribution is 5.85. The summed E-state index contributed by atoms with van der Waals surface area (Å²) in [4.78, 5) is 0. The van der Waals surface area contributed by atoms with Crippen molar-refractivity contribution in [2.45, 2.75) is 19.8 Å². The lowest BCUT2D eigenvalue weighted by molar-refractivity contribution is 0.114. The number of aryl methyl sites for hydroxylation is 2. The first kappa shape index (κ1) is 4.24. The fraction of sp³-hybridized carbons (Fsp3) is 0.455. The van der Waals surface area contributed by atoms with Crippen molar-refractivity contribution in [3.05, 3.63) is 29.3 Å². The maximum Gasteiger partial charge on any atom is 0.119 e. The highest BCUT2D eigenvalue weighted by Gasteiger charge is 2.02. The van der Waals surface area contributed by atoms with Crippen LogP contribution < -0.4 is 10.5 Å². The number of hydrogen-bond donors (Lipinski definition) is 2. The van der Waals surface area contributed by atoms with Crippen molar-refractivity contribution >= 4 is 12.4 Å². The van der Waals surface area contributed by atoms with Crippen LogP contribution in [0, 0.1) is 13.7 Å². The second-order valence-corrected chi connectivity index (χ2v) is 2.44. The lowest BCUT2D eigenvalue weighted by Crippen LogP contribution is -2.26. The van der Waals surface area contributed by atoms with E-state index >= 15 is 0 Å². The molecule has 1 unspecified atom stereocenters. The van der Waals surface area contributed by atoms with Crippen molar-refractivity contribution in [2.75, 3.05) is 13.1 Å². The molecule has 15 heavy (non-hydrogen) atoms. The molecule has 0 radical (unpaired) electrons. The number of hydrogen-bond acceptors (Lipinski definition) is 3. The summed E-state index contributed by atoms with van der Waals surface area (Å²) in [7, 11) is 0. The van der Waals surface area contributed by atoms with Crippen molar-refractivity contribution in [3.8, 4) is 5.75 Å². The summed E-state index contributed by atoms with van der Waals surface area (Å²) in [5, 5.41) is 9.74. The van der Waals surface area contributed by atoms with Crippen LogP contribution in [0.1, 0.15) is 26.2 Å². The number of ether oxygens (including phenoxy) is 1. The summed E-state index contributed by atoms with van der Waals surface area (Å²) in [5.41, 5.74) is 4.02. The van der Waals surface area contributed by atoms with Gasteiger partial charge in [-0.25, -0.2) is 0 Å². The monoisotopic (exact) mass is 242 g/mol. The number of nitrogens with two attached hydrogens (primary N) is 1. The van der Waals surface area contributed by atoms with Crippen LogP contribution in [0.3, 0.4) is 0 Å². The van der Waals surface area contributed by atoms with Gasteiger partial charge in [-0.2, -0.15) is 0 Å². The van der Waals surface area contributed by atoms with Gasteiger partial charge in [-0.1, -0.05) is 6.07 Å². The van der Waals surface area contributed by atoms with E-state index in [1.165, 1.54) is 0 Å². The van der Waals surface area contributed by atoms with Gasteiger partial charge in [0.05, 0.1) is 4.11 Å². The maximum absolute atomic E-state index is 9.74. The standard InChI is InChI=1S/C11H17NO2.ClH/c1-8-3-9(2)5-11(4-8)14-7-10(13)6-12;/h3-5,10,13H,6-7,12H2,1-2H3;1H/i1D3,2D3,6D2,7D2,10D;. The van der Waals surface area contributed by atoms with Gasteiger partial charge >= 0.3 is 0 Å². The van der Waals surface area contributed by atoms with Crippen molar-refractivity contribution in [1.82, 2.24) is 0 Å². The summed E-state index contributed by atoms with van der Waals surface area (Å²) in [6.45, 7) is -12.1. The Hall–Kier alpha value is -0.770. The first-order valence-electron chi connectivity index (χ1n) is 9.15.